The van der Waals surface area contributed by atoms with Gasteiger partial charge in [0.15, 0.2) is 5.96 Å². The van der Waals surface area contributed by atoms with Crippen molar-refractivity contribution < 1.29 is 0 Å². The summed E-state index contributed by atoms with van der Waals surface area (Å²) in [6.45, 7) is 2.09. The molecule has 0 bridgehead atoms. The molecule has 0 radical (unpaired) electrons. The van der Waals surface area contributed by atoms with Crippen LogP contribution in [-0.4, -0.2) is 19.0 Å². The fourth-order valence-electron chi connectivity index (χ4n) is 3.97. The lowest BCUT2D eigenvalue weighted by Crippen LogP contribution is -2.35. The number of hydrogen-bond donors (Lipinski definition) is 1. The van der Waals surface area contributed by atoms with E-state index in [2.05, 4.69) is 37.3 Å². The molecule has 0 saturated heterocycles. The molecule has 3 aromatic rings. The number of anilines is 1. The van der Waals surface area contributed by atoms with Crippen molar-refractivity contribution in [1.82, 2.24) is 0 Å². The molecule has 0 fully saturated rings. The first-order valence-electron chi connectivity index (χ1n) is 9.38. The van der Waals surface area contributed by atoms with Gasteiger partial charge in [-0.15, -0.1) is 0 Å². The molecular formula is C23H24ClN3. The summed E-state index contributed by atoms with van der Waals surface area (Å²) in [5.41, 5.74) is 11.5. The van der Waals surface area contributed by atoms with E-state index in [1.165, 1.54) is 27.5 Å². The van der Waals surface area contributed by atoms with Crippen molar-refractivity contribution in [2.45, 2.75) is 32.2 Å². The second-order valence-electron chi connectivity index (χ2n) is 7.31. The summed E-state index contributed by atoms with van der Waals surface area (Å²) in [5, 5.41) is 3.40. The van der Waals surface area contributed by atoms with Crippen molar-refractivity contribution in [3.63, 3.8) is 0 Å². The Hall–Kier alpha value is -2.52. The normalized spacial score (nSPS) is 14.6. The van der Waals surface area contributed by atoms with Crippen LogP contribution in [0, 0.1) is 0 Å². The van der Waals surface area contributed by atoms with Gasteiger partial charge >= 0.3 is 0 Å². The van der Waals surface area contributed by atoms with Crippen LogP contribution in [0.15, 0.2) is 59.6 Å². The Labute approximate surface area is 165 Å². The zero-order valence-corrected chi connectivity index (χ0v) is 16.5. The van der Waals surface area contributed by atoms with Crippen LogP contribution in [0.1, 0.15) is 23.6 Å². The second-order valence-corrected chi connectivity index (χ2v) is 7.75. The Morgan fingerprint density at radius 1 is 1.07 bits per heavy atom. The van der Waals surface area contributed by atoms with Crippen LogP contribution < -0.4 is 10.6 Å². The fraction of sp³-hybridized carbons (Fsp3) is 0.261. The highest BCUT2D eigenvalue weighted by atomic mass is 35.5. The maximum atomic E-state index is 6.37. The van der Waals surface area contributed by atoms with Gasteiger partial charge in [0.05, 0.1) is 11.7 Å². The van der Waals surface area contributed by atoms with Gasteiger partial charge in [0, 0.05) is 17.5 Å². The van der Waals surface area contributed by atoms with Crippen LogP contribution in [0.4, 0.5) is 5.69 Å². The summed E-state index contributed by atoms with van der Waals surface area (Å²) in [6, 6.07) is 18.9. The van der Waals surface area contributed by atoms with E-state index in [9.17, 15) is 0 Å². The van der Waals surface area contributed by atoms with Gasteiger partial charge in [0.25, 0.3) is 0 Å². The van der Waals surface area contributed by atoms with Crippen LogP contribution in [0.25, 0.3) is 10.8 Å². The molecule has 0 aliphatic heterocycles. The third kappa shape index (κ3) is 3.52. The molecule has 0 amide bonds. The number of benzene rings is 3. The number of nitrogens with two attached hydrogens (primary N) is 1. The van der Waals surface area contributed by atoms with Crippen molar-refractivity contribution in [1.29, 1.82) is 0 Å². The van der Waals surface area contributed by atoms with Crippen molar-refractivity contribution in [3.05, 3.63) is 76.3 Å². The predicted molar refractivity (Wildman–Crippen MR) is 116 cm³/mol. The molecule has 2 N–H and O–H groups in total. The third-order valence-corrected chi connectivity index (χ3v) is 5.61. The van der Waals surface area contributed by atoms with E-state index in [-0.39, 0.29) is 6.04 Å². The van der Waals surface area contributed by atoms with Crippen LogP contribution in [0.5, 0.6) is 0 Å². The Morgan fingerprint density at radius 3 is 2.52 bits per heavy atom. The van der Waals surface area contributed by atoms with E-state index in [0.29, 0.717) is 5.96 Å². The molecule has 1 aliphatic carbocycles. The summed E-state index contributed by atoms with van der Waals surface area (Å²) in [5.74, 6) is 0.537. The standard InChI is InChI=1S/C23H24ClN3/c1-15(14-16-6-11-19(24)12-7-16)26-23(25)27(2)21-13-10-18-9-8-17-4-3-5-20(21)22(17)18/h3-7,10-13,15H,8-9,14H2,1-2H3,(H2,25,26). The number of hydrogen-bond acceptors (Lipinski definition) is 1. The first-order chi connectivity index (χ1) is 13.0. The van der Waals surface area contributed by atoms with Gasteiger partial charge < -0.3 is 10.6 Å². The van der Waals surface area contributed by atoms with Crippen LogP contribution >= 0.6 is 11.6 Å². The molecule has 1 unspecified atom stereocenters. The maximum absolute atomic E-state index is 6.37. The van der Waals surface area contributed by atoms with Gasteiger partial charge in [-0.25, -0.2) is 4.99 Å². The fourth-order valence-corrected chi connectivity index (χ4v) is 4.09. The molecule has 4 rings (SSSR count). The van der Waals surface area contributed by atoms with E-state index in [0.717, 1.165) is 30.0 Å². The van der Waals surface area contributed by atoms with Gasteiger partial charge in [0.2, 0.25) is 0 Å². The highest BCUT2D eigenvalue weighted by molar-refractivity contribution is 6.30. The minimum Gasteiger partial charge on any atom is -0.370 e. The molecule has 0 heterocycles. The van der Waals surface area contributed by atoms with Gasteiger partial charge in [-0.3, -0.25) is 0 Å². The Morgan fingerprint density at radius 2 is 1.78 bits per heavy atom. The van der Waals surface area contributed by atoms with E-state index < -0.39 is 0 Å². The Balaban J connectivity index is 1.59. The molecule has 3 aromatic carbocycles. The summed E-state index contributed by atoms with van der Waals surface area (Å²) in [7, 11) is 1.99. The first kappa shape index (κ1) is 17.9. The number of rotatable bonds is 4. The van der Waals surface area contributed by atoms with Crippen LogP contribution in [0.2, 0.25) is 5.02 Å². The lowest BCUT2D eigenvalue weighted by Gasteiger charge is -2.22. The number of aryl methyl sites for hydroxylation is 2. The third-order valence-electron chi connectivity index (χ3n) is 5.36. The number of guanidine groups is 1. The van der Waals surface area contributed by atoms with Gasteiger partial charge in [-0.05, 0) is 66.5 Å². The minimum absolute atomic E-state index is 0.0883. The van der Waals surface area contributed by atoms with E-state index in [1.807, 2.05) is 36.2 Å². The topological polar surface area (TPSA) is 41.6 Å². The average Bonchev–Trinajstić information content (AvgIpc) is 3.08. The van der Waals surface area contributed by atoms with Gasteiger partial charge in [-0.2, -0.15) is 0 Å². The molecule has 3 nitrogen and oxygen atoms in total. The highest BCUT2D eigenvalue weighted by Gasteiger charge is 2.18. The minimum atomic E-state index is 0.0883. The van der Waals surface area contributed by atoms with Crippen molar-refractivity contribution in [2.75, 3.05) is 11.9 Å². The summed E-state index contributed by atoms with van der Waals surface area (Å²) >= 11 is 5.96. The van der Waals surface area contributed by atoms with E-state index >= 15 is 0 Å². The van der Waals surface area contributed by atoms with Gasteiger partial charge in [0.1, 0.15) is 0 Å². The Kier molecular flexibility index (Phi) is 4.79. The summed E-state index contributed by atoms with van der Waals surface area (Å²) in [6.07, 6.45) is 3.08. The zero-order valence-electron chi connectivity index (χ0n) is 15.7. The SMILES string of the molecule is CC(Cc1ccc(Cl)cc1)N=C(N)N(C)c1ccc2c3c(cccc13)CC2. The summed E-state index contributed by atoms with van der Waals surface area (Å²) < 4.78 is 0. The number of nitrogens with zero attached hydrogens (tertiary/aromatic N) is 2. The van der Waals surface area contributed by atoms with Crippen LogP contribution in [0.3, 0.4) is 0 Å². The highest BCUT2D eigenvalue weighted by Crippen LogP contribution is 2.36. The molecular weight excluding hydrogens is 354 g/mol. The van der Waals surface area contributed by atoms with E-state index in [4.69, 9.17) is 22.3 Å². The van der Waals surface area contributed by atoms with E-state index in [1.54, 1.807) is 0 Å². The quantitative estimate of drug-likeness (QED) is 0.515. The Bertz CT molecular complexity index is 998. The second kappa shape index (κ2) is 7.24. The van der Waals surface area contributed by atoms with Crippen LogP contribution in [-0.2, 0) is 19.3 Å². The van der Waals surface area contributed by atoms with Crippen molar-refractivity contribution >= 4 is 34.0 Å². The molecule has 4 heteroatoms. The smallest absolute Gasteiger partial charge is 0.195 e. The average molecular weight is 378 g/mol. The predicted octanol–water partition coefficient (Wildman–Crippen LogP) is 4.97. The maximum Gasteiger partial charge on any atom is 0.195 e. The molecule has 138 valence electrons. The monoisotopic (exact) mass is 377 g/mol. The zero-order chi connectivity index (χ0) is 19.0. The van der Waals surface area contributed by atoms with Crippen molar-refractivity contribution in [2.24, 2.45) is 10.7 Å². The first-order valence-corrected chi connectivity index (χ1v) is 9.75. The number of aliphatic imine (C=N–C) groups is 1. The molecule has 0 spiro atoms. The van der Waals surface area contributed by atoms with Crippen molar-refractivity contribution in [3.8, 4) is 0 Å². The summed E-state index contributed by atoms with van der Waals surface area (Å²) in [4.78, 5) is 6.73. The lowest BCUT2D eigenvalue weighted by atomic mass is 10.0. The molecule has 27 heavy (non-hydrogen) atoms. The molecule has 1 atom stereocenters. The number of halogens is 1. The molecule has 1 aliphatic rings. The largest absolute Gasteiger partial charge is 0.370 e. The molecule has 0 aromatic heterocycles. The van der Waals surface area contributed by atoms with Gasteiger partial charge in [-0.1, -0.05) is 48.0 Å². The lowest BCUT2D eigenvalue weighted by molar-refractivity contribution is 0.736. The molecule has 0 saturated carbocycles.